The van der Waals surface area contributed by atoms with Gasteiger partial charge in [0.2, 0.25) is 0 Å². The van der Waals surface area contributed by atoms with E-state index in [1.807, 2.05) is 30.3 Å². The van der Waals surface area contributed by atoms with Gasteiger partial charge >= 0.3 is 5.97 Å². The molecule has 0 aliphatic heterocycles. The fraction of sp³-hybridized carbons (Fsp3) is 0.273. The molecule has 2 aromatic carbocycles. The lowest BCUT2D eigenvalue weighted by Gasteiger charge is -2.13. The molecule has 0 saturated heterocycles. The van der Waals surface area contributed by atoms with Gasteiger partial charge in [-0.25, -0.2) is 4.79 Å². The second-order valence-electron chi connectivity index (χ2n) is 6.43. The molecule has 3 heteroatoms. The fourth-order valence-corrected chi connectivity index (χ4v) is 2.99. The van der Waals surface area contributed by atoms with Crippen LogP contribution in [-0.4, -0.2) is 17.6 Å². The van der Waals surface area contributed by atoms with Gasteiger partial charge in [-0.05, 0) is 55.5 Å². The van der Waals surface area contributed by atoms with E-state index >= 15 is 0 Å². The van der Waals surface area contributed by atoms with Crippen LogP contribution in [-0.2, 0) is 4.74 Å². The number of hydrogen-bond acceptors (Lipinski definition) is 3. The molecule has 0 spiro atoms. The van der Waals surface area contributed by atoms with Crippen LogP contribution in [0.2, 0.25) is 0 Å². The monoisotopic (exact) mass is 333 g/mol. The molecule has 1 heterocycles. The highest BCUT2D eigenvalue weighted by molar-refractivity contribution is 5.89. The highest BCUT2D eigenvalue weighted by Gasteiger charge is 2.11. The minimum atomic E-state index is -0.257. The smallest absolute Gasteiger partial charge is 0.338 e. The molecule has 1 atom stereocenters. The van der Waals surface area contributed by atoms with E-state index in [1.54, 1.807) is 12.1 Å². The minimum Gasteiger partial charge on any atom is -0.462 e. The molecule has 128 valence electrons. The number of ether oxygens (including phenoxy) is 1. The molecular weight excluding hydrogens is 310 g/mol. The first-order valence-electron chi connectivity index (χ1n) is 8.73. The number of carbonyl (C=O) groups excluding carboxylic acids is 1. The van der Waals surface area contributed by atoms with Crippen molar-refractivity contribution in [1.82, 2.24) is 4.98 Å². The zero-order valence-electron chi connectivity index (χ0n) is 14.7. The molecule has 0 aliphatic rings. The Bertz CT molecular complexity index is 858. The maximum Gasteiger partial charge on any atom is 0.338 e. The lowest BCUT2D eigenvalue weighted by Crippen LogP contribution is -2.07. The van der Waals surface area contributed by atoms with Gasteiger partial charge in [-0.2, -0.15) is 0 Å². The first kappa shape index (κ1) is 17.2. The molecular formula is C22H23NO2. The summed E-state index contributed by atoms with van der Waals surface area (Å²) in [6.07, 6.45) is 1.76. The molecule has 25 heavy (non-hydrogen) atoms. The number of fused-ring (bicyclic) bond motifs is 1. The first-order valence-corrected chi connectivity index (χ1v) is 8.73. The van der Waals surface area contributed by atoms with Crippen LogP contribution in [0.5, 0.6) is 0 Å². The van der Waals surface area contributed by atoms with Crippen molar-refractivity contribution in [2.45, 2.75) is 32.6 Å². The summed E-state index contributed by atoms with van der Waals surface area (Å²) >= 11 is 0. The summed E-state index contributed by atoms with van der Waals surface area (Å²) in [5.74, 6) is 0.0756. The number of rotatable bonds is 6. The second kappa shape index (κ2) is 7.93. The maximum atomic E-state index is 11.9. The summed E-state index contributed by atoms with van der Waals surface area (Å²) < 4.78 is 5.35. The largest absolute Gasteiger partial charge is 0.462 e. The van der Waals surface area contributed by atoms with Crippen molar-refractivity contribution in [3.05, 3.63) is 77.5 Å². The average Bonchev–Trinajstić information content (AvgIpc) is 2.65. The number of hydrogen-bond donors (Lipinski definition) is 0. The lowest BCUT2D eigenvalue weighted by atomic mass is 9.98. The molecule has 0 bridgehead atoms. The van der Waals surface area contributed by atoms with E-state index in [-0.39, 0.29) is 5.97 Å². The van der Waals surface area contributed by atoms with Gasteiger partial charge in [0.15, 0.2) is 0 Å². The Morgan fingerprint density at radius 2 is 1.80 bits per heavy atom. The van der Waals surface area contributed by atoms with E-state index in [1.165, 1.54) is 10.9 Å². The summed E-state index contributed by atoms with van der Waals surface area (Å²) in [7, 11) is 0. The molecule has 1 aromatic heterocycles. The van der Waals surface area contributed by atoms with Crippen molar-refractivity contribution >= 4 is 16.9 Å². The van der Waals surface area contributed by atoms with Crippen molar-refractivity contribution in [1.29, 1.82) is 0 Å². The van der Waals surface area contributed by atoms with Gasteiger partial charge in [0.05, 0.1) is 17.7 Å². The Morgan fingerprint density at radius 1 is 1.08 bits per heavy atom. The third-order valence-electron chi connectivity index (χ3n) is 4.47. The van der Waals surface area contributed by atoms with Gasteiger partial charge in [0.1, 0.15) is 0 Å². The zero-order valence-corrected chi connectivity index (χ0v) is 14.7. The van der Waals surface area contributed by atoms with Gasteiger partial charge in [-0.1, -0.05) is 43.3 Å². The van der Waals surface area contributed by atoms with Crippen LogP contribution in [0.1, 0.15) is 47.3 Å². The van der Waals surface area contributed by atoms with Crippen LogP contribution in [0.25, 0.3) is 10.9 Å². The topological polar surface area (TPSA) is 39.2 Å². The quantitative estimate of drug-likeness (QED) is 0.455. The van der Waals surface area contributed by atoms with E-state index in [4.69, 9.17) is 9.72 Å². The minimum absolute atomic E-state index is 0.257. The van der Waals surface area contributed by atoms with Crippen LogP contribution in [0, 0.1) is 6.92 Å². The third-order valence-corrected chi connectivity index (χ3v) is 4.47. The third kappa shape index (κ3) is 4.24. The van der Waals surface area contributed by atoms with Crippen molar-refractivity contribution < 1.29 is 9.53 Å². The average molecular weight is 333 g/mol. The first-order chi connectivity index (χ1) is 12.1. The molecule has 0 amide bonds. The number of para-hydroxylation sites is 1. The number of esters is 1. The number of nitrogens with zero attached hydrogens (tertiary/aromatic N) is 1. The van der Waals surface area contributed by atoms with E-state index in [0.717, 1.165) is 24.1 Å². The van der Waals surface area contributed by atoms with Crippen molar-refractivity contribution in [2.24, 2.45) is 0 Å². The van der Waals surface area contributed by atoms with Crippen LogP contribution in [0.3, 0.4) is 0 Å². The number of pyridine rings is 1. The summed E-state index contributed by atoms with van der Waals surface area (Å²) in [6.45, 7) is 4.74. The molecule has 3 rings (SSSR count). The summed E-state index contributed by atoms with van der Waals surface area (Å²) in [6, 6.07) is 19.5. The molecule has 0 radical (unpaired) electrons. The van der Waals surface area contributed by atoms with E-state index in [0.29, 0.717) is 18.1 Å². The van der Waals surface area contributed by atoms with Crippen LogP contribution < -0.4 is 0 Å². The van der Waals surface area contributed by atoms with Crippen molar-refractivity contribution in [2.75, 3.05) is 6.61 Å². The number of carbonyl (C=O) groups is 1. The SMILES string of the molecule is Cc1cc(C(C)CCCOC(=O)c2ccccc2)nc2ccccc12. The van der Waals surface area contributed by atoms with Gasteiger partial charge in [0.25, 0.3) is 0 Å². The van der Waals surface area contributed by atoms with E-state index < -0.39 is 0 Å². The highest BCUT2D eigenvalue weighted by Crippen LogP contribution is 2.24. The number of aryl methyl sites for hydroxylation is 1. The second-order valence-corrected chi connectivity index (χ2v) is 6.43. The Kier molecular flexibility index (Phi) is 5.44. The van der Waals surface area contributed by atoms with E-state index in [2.05, 4.69) is 32.0 Å². The molecule has 0 fully saturated rings. The Hall–Kier alpha value is -2.68. The molecule has 0 N–H and O–H groups in total. The predicted molar refractivity (Wildman–Crippen MR) is 101 cm³/mol. The number of aromatic nitrogens is 1. The van der Waals surface area contributed by atoms with Gasteiger partial charge in [-0.15, -0.1) is 0 Å². The van der Waals surface area contributed by atoms with Crippen LogP contribution >= 0.6 is 0 Å². The Morgan fingerprint density at radius 3 is 2.60 bits per heavy atom. The predicted octanol–water partition coefficient (Wildman–Crippen LogP) is 5.28. The van der Waals surface area contributed by atoms with Crippen LogP contribution in [0.15, 0.2) is 60.7 Å². The lowest BCUT2D eigenvalue weighted by molar-refractivity contribution is 0.0496. The number of benzene rings is 2. The van der Waals surface area contributed by atoms with Gasteiger partial charge in [-0.3, -0.25) is 4.98 Å². The van der Waals surface area contributed by atoms with Gasteiger partial charge in [0, 0.05) is 11.1 Å². The maximum absolute atomic E-state index is 11.9. The zero-order chi connectivity index (χ0) is 17.6. The molecule has 3 nitrogen and oxygen atoms in total. The van der Waals surface area contributed by atoms with E-state index in [9.17, 15) is 4.79 Å². The normalized spacial score (nSPS) is 12.1. The molecule has 0 saturated carbocycles. The molecule has 1 unspecified atom stereocenters. The Labute approximate surface area is 148 Å². The van der Waals surface area contributed by atoms with Gasteiger partial charge < -0.3 is 4.74 Å². The Balaban J connectivity index is 1.54. The summed E-state index contributed by atoms with van der Waals surface area (Å²) in [5.41, 5.74) is 4.00. The molecule has 3 aromatic rings. The molecule has 0 aliphatic carbocycles. The standard InChI is InChI=1S/C22H23NO2/c1-16(9-8-14-25-22(24)18-10-4-3-5-11-18)21-15-17(2)19-12-6-7-13-20(19)23-21/h3-7,10-13,15-16H,8-9,14H2,1-2H3. The fourth-order valence-electron chi connectivity index (χ4n) is 2.99. The summed E-state index contributed by atoms with van der Waals surface area (Å²) in [5, 5.41) is 1.20. The summed E-state index contributed by atoms with van der Waals surface area (Å²) in [4.78, 5) is 16.7. The van der Waals surface area contributed by atoms with Crippen LogP contribution in [0.4, 0.5) is 0 Å². The van der Waals surface area contributed by atoms with Crippen molar-refractivity contribution in [3.63, 3.8) is 0 Å². The van der Waals surface area contributed by atoms with Crippen molar-refractivity contribution in [3.8, 4) is 0 Å². The highest BCUT2D eigenvalue weighted by atomic mass is 16.5.